The number of aliphatic carboxylic acids is 1. The Labute approximate surface area is 210 Å². The van der Waals surface area contributed by atoms with Gasteiger partial charge in [0.25, 0.3) is 0 Å². The first kappa shape index (κ1) is 30.5. The second kappa shape index (κ2) is 15.5. The van der Waals surface area contributed by atoms with Crippen LogP contribution in [0.15, 0.2) is 30.3 Å². The molecule has 0 saturated heterocycles. The third-order valence-electron chi connectivity index (χ3n) is 5.48. The Morgan fingerprint density at radius 1 is 0.889 bits per heavy atom. The van der Waals surface area contributed by atoms with Crippen molar-refractivity contribution in [2.75, 3.05) is 6.54 Å². The van der Waals surface area contributed by atoms with E-state index in [1.165, 1.54) is 0 Å². The van der Waals surface area contributed by atoms with Gasteiger partial charge in [-0.1, -0.05) is 44.2 Å². The number of carbonyl (C=O) groups excluding carboxylic acids is 4. The van der Waals surface area contributed by atoms with Crippen molar-refractivity contribution in [3.05, 3.63) is 35.9 Å². The lowest BCUT2D eigenvalue weighted by Crippen LogP contribution is -2.59. The zero-order valence-electron chi connectivity index (χ0n) is 20.7. The van der Waals surface area contributed by atoms with E-state index >= 15 is 0 Å². The van der Waals surface area contributed by atoms with Gasteiger partial charge in [0.15, 0.2) is 0 Å². The average molecular weight is 507 g/mol. The summed E-state index contributed by atoms with van der Waals surface area (Å²) in [5.74, 6) is -4.68. The summed E-state index contributed by atoms with van der Waals surface area (Å²) in [6.07, 6.45) is 0.970. The summed E-state index contributed by atoms with van der Waals surface area (Å²) in [6, 6.07) is 4.37. The van der Waals surface area contributed by atoms with Crippen LogP contribution in [0.2, 0.25) is 0 Å². The highest BCUT2D eigenvalue weighted by molar-refractivity contribution is 5.96. The predicted molar refractivity (Wildman–Crippen MR) is 133 cm³/mol. The minimum absolute atomic E-state index is 0.177. The van der Waals surface area contributed by atoms with Crippen molar-refractivity contribution in [3.8, 4) is 0 Å². The van der Waals surface area contributed by atoms with Gasteiger partial charge in [0.2, 0.25) is 23.6 Å². The SMILES string of the molecule is CC(C)C(NC(=O)C(CC(N)=O)NC(=O)C(N)Cc1ccccc1)C(=O)NC(CCCCN)C(=O)O. The second-order valence-corrected chi connectivity index (χ2v) is 8.94. The zero-order chi connectivity index (χ0) is 27.3. The van der Waals surface area contributed by atoms with Crippen LogP contribution in [-0.4, -0.2) is 65.4 Å². The van der Waals surface area contributed by atoms with Crippen molar-refractivity contribution in [1.82, 2.24) is 16.0 Å². The number of nitrogens with two attached hydrogens (primary N) is 3. The average Bonchev–Trinajstić information content (AvgIpc) is 2.81. The molecule has 0 bridgehead atoms. The summed E-state index contributed by atoms with van der Waals surface area (Å²) >= 11 is 0. The normalized spacial score (nSPS) is 14.2. The van der Waals surface area contributed by atoms with Crippen molar-refractivity contribution in [3.63, 3.8) is 0 Å². The van der Waals surface area contributed by atoms with Crippen molar-refractivity contribution >= 4 is 29.6 Å². The van der Waals surface area contributed by atoms with E-state index in [1.807, 2.05) is 6.07 Å². The number of primary amides is 1. The van der Waals surface area contributed by atoms with Gasteiger partial charge in [-0.2, -0.15) is 0 Å². The molecule has 0 spiro atoms. The van der Waals surface area contributed by atoms with E-state index in [4.69, 9.17) is 17.2 Å². The van der Waals surface area contributed by atoms with Crippen LogP contribution in [0.25, 0.3) is 0 Å². The number of carbonyl (C=O) groups is 5. The Hall–Kier alpha value is -3.51. The zero-order valence-corrected chi connectivity index (χ0v) is 20.7. The molecule has 4 amide bonds. The molecule has 1 rings (SSSR count). The van der Waals surface area contributed by atoms with Crippen LogP contribution in [-0.2, 0) is 30.4 Å². The second-order valence-electron chi connectivity index (χ2n) is 8.94. The Bertz CT molecular complexity index is 894. The summed E-state index contributed by atoms with van der Waals surface area (Å²) < 4.78 is 0. The molecule has 12 nitrogen and oxygen atoms in total. The van der Waals surface area contributed by atoms with Gasteiger partial charge in [0.05, 0.1) is 12.5 Å². The maximum atomic E-state index is 13.0. The number of rotatable bonds is 16. The third kappa shape index (κ3) is 10.8. The summed E-state index contributed by atoms with van der Waals surface area (Å²) in [5.41, 5.74) is 17.5. The van der Waals surface area contributed by atoms with Gasteiger partial charge in [-0.3, -0.25) is 19.2 Å². The monoisotopic (exact) mass is 506 g/mol. The van der Waals surface area contributed by atoms with Gasteiger partial charge in [-0.25, -0.2) is 4.79 Å². The molecule has 4 atom stereocenters. The molecule has 0 heterocycles. The van der Waals surface area contributed by atoms with Crippen LogP contribution in [0.3, 0.4) is 0 Å². The molecule has 0 fully saturated rings. The molecule has 4 unspecified atom stereocenters. The summed E-state index contributed by atoms with van der Waals surface area (Å²) in [6.45, 7) is 3.71. The number of carboxylic acid groups (broad SMARTS) is 1. The van der Waals surface area contributed by atoms with E-state index in [0.717, 1.165) is 5.56 Å². The van der Waals surface area contributed by atoms with E-state index in [2.05, 4.69) is 16.0 Å². The fourth-order valence-electron chi connectivity index (χ4n) is 3.45. The van der Waals surface area contributed by atoms with E-state index in [9.17, 15) is 29.1 Å². The van der Waals surface area contributed by atoms with Crippen molar-refractivity contribution in [2.24, 2.45) is 23.1 Å². The Morgan fingerprint density at radius 3 is 2.03 bits per heavy atom. The predicted octanol–water partition coefficient (Wildman–Crippen LogP) is -1.24. The molecule has 10 N–H and O–H groups in total. The first-order valence-electron chi connectivity index (χ1n) is 11.9. The topological polar surface area (TPSA) is 220 Å². The lowest BCUT2D eigenvalue weighted by molar-refractivity contribution is -0.143. The number of carboxylic acids is 1. The van der Waals surface area contributed by atoms with Crippen LogP contribution in [0.5, 0.6) is 0 Å². The van der Waals surface area contributed by atoms with Crippen molar-refractivity contribution in [1.29, 1.82) is 0 Å². The van der Waals surface area contributed by atoms with Crippen LogP contribution in [0.1, 0.15) is 45.1 Å². The molecule has 1 aromatic carbocycles. The molecule has 0 aliphatic heterocycles. The highest BCUT2D eigenvalue weighted by Gasteiger charge is 2.32. The molecule has 0 aromatic heterocycles. The molecule has 36 heavy (non-hydrogen) atoms. The Morgan fingerprint density at radius 2 is 1.50 bits per heavy atom. The minimum atomic E-state index is -1.37. The highest BCUT2D eigenvalue weighted by atomic mass is 16.4. The number of unbranched alkanes of at least 4 members (excludes halogenated alkanes) is 1. The van der Waals surface area contributed by atoms with Gasteiger partial charge in [0.1, 0.15) is 18.1 Å². The van der Waals surface area contributed by atoms with Crippen LogP contribution >= 0.6 is 0 Å². The fourth-order valence-corrected chi connectivity index (χ4v) is 3.45. The molecule has 0 aliphatic rings. The number of hydrogen-bond acceptors (Lipinski definition) is 7. The third-order valence-corrected chi connectivity index (χ3v) is 5.48. The highest BCUT2D eigenvalue weighted by Crippen LogP contribution is 2.08. The molecule has 0 aliphatic carbocycles. The maximum absolute atomic E-state index is 13.0. The number of benzene rings is 1. The minimum Gasteiger partial charge on any atom is -0.480 e. The standard InChI is InChI=1S/C24H38N6O6/c1-14(2)20(23(34)28-17(24(35)36)10-6-7-11-25)30-22(33)18(13-19(27)31)29-21(32)16(26)12-15-8-4-3-5-9-15/h3-5,8-9,14,16-18,20H,6-7,10-13,25-26H2,1-2H3,(H2,27,31)(H,28,34)(H,29,32)(H,30,33)(H,35,36). The van der Waals surface area contributed by atoms with Crippen LogP contribution in [0.4, 0.5) is 0 Å². The summed E-state index contributed by atoms with van der Waals surface area (Å²) in [4.78, 5) is 61.5. The lowest BCUT2D eigenvalue weighted by atomic mass is 10.0. The van der Waals surface area contributed by atoms with Gasteiger partial charge < -0.3 is 38.3 Å². The Kier molecular flexibility index (Phi) is 13.1. The van der Waals surface area contributed by atoms with E-state index in [-0.39, 0.29) is 12.8 Å². The van der Waals surface area contributed by atoms with E-state index < -0.39 is 66.1 Å². The number of amides is 4. The molecular weight excluding hydrogens is 468 g/mol. The summed E-state index contributed by atoms with van der Waals surface area (Å²) in [5, 5.41) is 16.8. The maximum Gasteiger partial charge on any atom is 0.326 e. The van der Waals surface area contributed by atoms with E-state index in [0.29, 0.717) is 19.4 Å². The quantitative estimate of drug-likeness (QED) is 0.134. The van der Waals surface area contributed by atoms with Gasteiger partial charge in [-0.15, -0.1) is 0 Å². The number of nitrogens with one attached hydrogen (secondary N) is 3. The molecule has 200 valence electrons. The van der Waals surface area contributed by atoms with E-state index in [1.54, 1.807) is 38.1 Å². The first-order valence-corrected chi connectivity index (χ1v) is 11.9. The Balaban J connectivity index is 2.90. The summed E-state index contributed by atoms with van der Waals surface area (Å²) in [7, 11) is 0. The van der Waals surface area contributed by atoms with Crippen LogP contribution in [0, 0.1) is 5.92 Å². The fraction of sp³-hybridized carbons (Fsp3) is 0.542. The lowest BCUT2D eigenvalue weighted by Gasteiger charge is -2.26. The van der Waals surface area contributed by atoms with Crippen LogP contribution < -0.4 is 33.2 Å². The first-order chi connectivity index (χ1) is 17.0. The van der Waals surface area contributed by atoms with Gasteiger partial charge in [-0.05, 0) is 43.7 Å². The van der Waals surface area contributed by atoms with Gasteiger partial charge >= 0.3 is 5.97 Å². The molecule has 12 heteroatoms. The van der Waals surface area contributed by atoms with Crippen molar-refractivity contribution < 1.29 is 29.1 Å². The molecule has 0 saturated carbocycles. The largest absolute Gasteiger partial charge is 0.480 e. The number of hydrogen-bond donors (Lipinski definition) is 7. The van der Waals surface area contributed by atoms with Crippen molar-refractivity contribution in [2.45, 2.75) is 70.1 Å². The van der Waals surface area contributed by atoms with Gasteiger partial charge in [0, 0.05) is 0 Å². The smallest absolute Gasteiger partial charge is 0.326 e. The molecule has 0 radical (unpaired) electrons. The molecular formula is C24H38N6O6. The molecule has 1 aromatic rings.